The normalized spacial score (nSPS) is 10.5. The van der Waals surface area contributed by atoms with Gasteiger partial charge < -0.3 is 15.1 Å². The molecule has 242 valence electrons. The van der Waals surface area contributed by atoms with Crippen LogP contribution in [0.25, 0.3) is 0 Å². The second-order valence-electron chi connectivity index (χ2n) is 11.0. The predicted molar refractivity (Wildman–Crippen MR) is 189 cm³/mol. The molecule has 1 N–H and O–H groups in total. The van der Waals surface area contributed by atoms with Crippen LogP contribution in [0.4, 0.5) is 0 Å². The predicted octanol–water partition coefficient (Wildman–Crippen LogP) is 10.1. The molecule has 0 saturated carbocycles. The molecule has 4 aromatic carbocycles. The number of benzene rings is 4. The van der Waals surface area contributed by atoms with Crippen LogP contribution in [0.5, 0.6) is 5.75 Å². The quantitative estimate of drug-likeness (QED) is 0.0992. The number of hydrogen-bond acceptors (Lipinski definition) is 3. The number of carboxylic acid groups (broad SMARTS) is 1. The fourth-order valence-electron chi connectivity index (χ4n) is 4.81. The van der Waals surface area contributed by atoms with Gasteiger partial charge in [-0.1, -0.05) is 138 Å². The third-order valence-electron chi connectivity index (χ3n) is 7.29. The second kappa shape index (κ2) is 23.8. The molecule has 0 unspecified atom stereocenters. The van der Waals surface area contributed by atoms with Crippen LogP contribution < -0.4 is 5.11 Å². The van der Waals surface area contributed by atoms with Gasteiger partial charge in [0.05, 0.1) is 16.5 Å². The van der Waals surface area contributed by atoms with Crippen molar-refractivity contribution >= 4 is 16.9 Å². The van der Waals surface area contributed by atoms with E-state index in [1.54, 1.807) is 0 Å². The van der Waals surface area contributed by atoms with E-state index in [0.29, 0.717) is 0 Å². The number of para-hydroxylation sites is 1. The molecule has 4 rings (SSSR count). The molecule has 0 aliphatic rings. The zero-order valence-corrected chi connectivity index (χ0v) is 28.4. The van der Waals surface area contributed by atoms with Gasteiger partial charge in [-0.2, -0.15) is 0 Å². The van der Waals surface area contributed by atoms with Crippen molar-refractivity contribution in [3.8, 4) is 5.75 Å². The summed E-state index contributed by atoms with van der Waals surface area (Å²) in [4.78, 5) is 17.0. The highest BCUT2D eigenvalue weighted by Gasteiger charge is 2.27. The number of carboxylic acids is 1. The Balaban J connectivity index is 0.000000247. The van der Waals surface area contributed by atoms with Gasteiger partial charge in [-0.3, -0.25) is 0 Å². The molecule has 0 heterocycles. The molecule has 0 amide bonds. The third kappa shape index (κ3) is 15.3. The average molecular weight is 628 g/mol. The second-order valence-corrected chi connectivity index (χ2v) is 13.0. The van der Waals surface area contributed by atoms with Crippen molar-refractivity contribution in [2.24, 2.45) is 0 Å². The number of unbranched alkanes of at least 4 members (excludes halogenated alkanes) is 6. The fourth-order valence-corrected chi connectivity index (χ4v) is 6.92. The molecular formula is C40H53NO3S. The van der Waals surface area contributed by atoms with Gasteiger partial charge in [-0.15, -0.1) is 0 Å². The van der Waals surface area contributed by atoms with E-state index in [1.165, 1.54) is 116 Å². The van der Waals surface area contributed by atoms with Gasteiger partial charge >= 0.3 is 5.97 Å². The molecule has 0 spiro atoms. The summed E-state index contributed by atoms with van der Waals surface area (Å²) in [6.07, 6.45) is 12.4. The summed E-state index contributed by atoms with van der Waals surface area (Å²) in [6, 6.07) is 37.7. The minimum Gasteiger partial charge on any atom is -0.872 e. The zero-order chi connectivity index (χ0) is 32.5. The van der Waals surface area contributed by atoms with Crippen LogP contribution in [0.3, 0.4) is 0 Å². The molecule has 0 atom stereocenters. The molecule has 0 radical (unpaired) electrons. The van der Waals surface area contributed by atoms with Gasteiger partial charge in [0, 0.05) is 0 Å². The first-order valence-electron chi connectivity index (χ1n) is 16.6. The lowest BCUT2D eigenvalue weighted by Gasteiger charge is -2.22. The van der Waals surface area contributed by atoms with Crippen LogP contribution in [0, 0.1) is 0 Å². The summed E-state index contributed by atoms with van der Waals surface area (Å²) in [5.74, 6) is -1.62. The lowest BCUT2D eigenvalue weighted by Crippen LogP contribution is -2.27. The molecule has 45 heavy (non-hydrogen) atoms. The van der Waals surface area contributed by atoms with Gasteiger partial charge in [0.1, 0.15) is 0 Å². The van der Waals surface area contributed by atoms with Crippen LogP contribution in [0.15, 0.2) is 130 Å². The van der Waals surface area contributed by atoms with Gasteiger partial charge in [-0.05, 0) is 81.4 Å². The van der Waals surface area contributed by atoms with E-state index in [9.17, 15) is 9.90 Å². The number of carbonyl (C=O) groups is 1. The van der Waals surface area contributed by atoms with Gasteiger partial charge in [0.15, 0.2) is 14.7 Å². The standard InChI is InChI=1S/C18H15S.C15H33N.C7H6O3/c1-4-10-16(11-5-1)19(17-12-6-2-7-13-17)18-14-8-3-9-15-18;1-4-7-10-13-16(14-11-8-5-2)15-12-9-6-3;8-6-4-2-1-3-5(6)7(9)10/h1-15H;4-15H2,1-3H3;1-4,8H,(H,9,10)/q+1;;/p-1. The topological polar surface area (TPSA) is 63.6 Å². The number of aromatic carboxylic acids is 1. The number of nitrogens with zero attached hydrogens (tertiary/aromatic N) is 1. The van der Waals surface area contributed by atoms with Crippen molar-refractivity contribution in [2.45, 2.75) is 93.2 Å². The largest absolute Gasteiger partial charge is 0.872 e. The molecule has 0 aliphatic carbocycles. The Labute approximate surface area is 275 Å². The molecule has 0 fully saturated rings. The molecule has 4 nitrogen and oxygen atoms in total. The number of rotatable bonds is 16. The summed E-state index contributed by atoms with van der Waals surface area (Å²) in [5, 5.41) is 19.0. The summed E-state index contributed by atoms with van der Waals surface area (Å²) >= 11 is 0. The molecule has 4 aromatic rings. The average Bonchev–Trinajstić information content (AvgIpc) is 3.07. The Hall–Kier alpha value is -3.54. The van der Waals surface area contributed by atoms with Crippen LogP contribution >= 0.6 is 0 Å². The number of hydrogen-bond donors (Lipinski definition) is 1. The Morgan fingerprint density at radius 3 is 1.18 bits per heavy atom. The Bertz CT molecular complexity index is 1170. The van der Waals surface area contributed by atoms with Crippen LogP contribution in [-0.2, 0) is 10.9 Å². The maximum atomic E-state index is 10.7. The first-order chi connectivity index (χ1) is 22.0. The van der Waals surface area contributed by atoms with E-state index in [-0.39, 0.29) is 16.5 Å². The van der Waals surface area contributed by atoms with Gasteiger partial charge in [0.25, 0.3) is 0 Å². The maximum Gasteiger partial charge on any atom is 0.335 e. The van der Waals surface area contributed by atoms with Crippen LogP contribution in [0.2, 0.25) is 0 Å². The Morgan fingerprint density at radius 1 is 0.556 bits per heavy atom. The van der Waals surface area contributed by atoms with E-state index >= 15 is 0 Å². The monoisotopic (exact) mass is 627 g/mol. The van der Waals surface area contributed by atoms with E-state index in [2.05, 4.69) is 117 Å². The van der Waals surface area contributed by atoms with E-state index in [4.69, 9.17) is 5.11 Å². The third-order valence-corrected chi connectivity index (χ3v) is 9.52. The minimum atomic E-state index is -1.18. The van der Waals surface area contributed by atoms with E-state index in [1.807, 2.05) is 0 Å². The summed E-state index contributed by atoms with van der Waals surface area (Å²) < 4.78 is 0. The zero-order valence-electron chi connectivity index (χ0n) is 27.6. The molecular weight excluding hydrogens is 575 g/mol. The summed E-state index contributed by atoms with van der Waals surface area (Å²) in [5.41, 5.74) is -0.178. The van der Waals surface area contributed by atoms with Gasteiger partial charge in [0.2, 0.25) is 0 Å². The molecule has 5 heteroatoms. The SMILES string of the molecule is CCCCCN(CCCCC)CCCCC.O=C(O)c1ccccc1[O-].c1ccc([S+](c2ccccc2)c2ccccc2)cc1. The van der Waals surface area contributed by atoms with Crippen molar-refractivity contribution in [2.75, 3.05) is 19.6 Å². The molecule has 0 saturated heterocycles. The Kier molecular flexibility index (Phi) is 19.9. The van der Waals surface area contributed by atoms with Crippen molar-refractivity contribution in [3.05, 3.63) is 121 Å². The van der Waals surface area contributed by atoms with Crippen molar-refractivity contribution in [1.82, 2.24) is 4.90 Å². The molecule has 0 aliphatic heterocycles. The van der Waals surface area contributed by atoms with Crippen molar-refractivity contribution < 1.29 is 15.0 Å². The van der Waals surface area contributed by atoms with Crippen molar-refractivity contribution in [3.63, 3.8) is 0 Å². The van der Waals surface area contributed by atoms with Crippen molar-refractivity contribution in [1.29, 1.82) is 0 Å². The summed E-state index contributed by atoms with van der Waals surface area (Å²) in [7, 11) is -0.0146. The highest BCUT2D eigenvalue weighted by molar-refractivity contribution is 7.97. The van der Waals surface area contributed by atoms with E-state index < -0.39 is 11.7 Å². The summed E-state index contributed by atoms with van der Waals surface area (Å²) in [6.45, 7) is 10.9. The van der Waals surface area contributed by atoms with E-state index in [0.717, 1.165) is 0 Å². The lowest BCUT2D eigenvalue weighted by molar-refractivity contribution is -0.268. The van der Waals surface area contributed by atoms with Crippen LogP contribution in [0.1, 0.15) is 88.9 Å². The first-order valence-corrected chi connectivity index (χ1v) is 17.8. The molecule has 0 bridgehead atoms. The Morgan fingerprint density at radius 2 is 0.889 bits per heavy atom. The van der Waals surface area contributed by atoms with Crippen LogP contribution in [-0.4, -0.2) is 35.6 Å². The van der Waals surface area contributed by atoms with Gasteiger partial charge in [-0.25, -0.2) is 4.79 Å². The smallest absolute Gasteiger partial charge is 0.335 e. The maximum absolute atomic E-state index is 10.7. The first kappa shape index (κ1) is 37.6. The fraction of sp³-hybridized carbons (Fsp3) is 0.375. The minimum absolute atomic E-state index is 0.0146. The lowest BCUT2D eigenvalue weighted by atomic mass is 10.2. The molecule has 0 aromatic heterocycles. The highest BCUT2D eigenvalue weighted by Crippen LogP contribution is 2.30. The highest BCUT2D eigenvalue weighted by atomic mass is 32.2.